The van der Waals surface area contributed by atoms with Gasteiger partial charge in [0.05, 0.1) is 29.4 Å². The van der Waals surface area contributed by atoms with Gasteiger partial charge in [-0.1, -0.05) is 0 Å². The lowest BCUT2D eigenvalue weighted by atomic mass is 10.1. The summed E-state index contributed by atoms with van der Waals surface area (Å²) in [6.45, 7) is 2.75. The number of hydrogen-bond donors (Lipinski definition) is 0. The van der Waals surface area contributed by atoms with E-state index in [0.717, 1.165) is 18.4 Å². The lowest BCUT2D eigenvalue weighted by molar-refractivity contribution is -0.0885. The summed E-state index contributed by atoms with van der Waals surface area (Å²) in [5.41, 5.74) is 0.0708. The Kier molecular flexibility index (Phi) is 7.47. The number of sulfone groups is 1. The number of nitrogens with zero attached hydrogens (tertiary/aromatic N) is 3. The summed E-state index contributed by atoms with van der Waals surface area (Å²) in [7, 11) is -3.56. The summed E-state index contributed by atoms with van der Waals surface area (Å²) < 4.78 is 82.2. The Morgan fingerprint density at radius 3 is 2.03 bits per heavy atom. The van der Waals surface area contributed by atoms with Crippen molar-refractivity contribution in [3.63, 3.8) is 0 Å². The van der Waals surface area contributed by atoms with Crippen LogP contribution in [0.2, 0.25) is 0 Å². The number of benzene rings is 2. The van der Waals surface area contributed by atoms with Crippen molar-refractivity contribution in [1.29, 1.82) is 0 Å². The summed E-state index contributed by atoms with van der Waals surface area (Å²) in [6, 6.07) is 7.06. The predicted molar refractivity (Wildman–Crippen MR) is 127 cm³/mol. The van der Waals surface area contributed by atoms with Crippen LogP contribution in [0.15, 0.2) is 41.3 Å². The van der Waals surface area contributed by atoms with Crippen LogP contribution >= 0.6 is 0 Å². The Balaban J connectivity index is 1.52. The van der Waals surface area contributed by atoms with Crippen LogP contribution in [-0.2, 0) is 14.6 Å². The molecule has 2 fully saturated rings. The Morgan fingerprint density at radius 1 is 0.865 bits per heavy atom. The quantitative estimate of drug-likeness (QED) is 0.424. The topological polar surface area (TPSA) is 87.2 Å². The van der Waals surface area contributed by atoms with Gasteiger partial charge < -0.3 is 19.4 Å². The molecule has 37 heavy (non-hydrogen) atoms. The SMILES string of the molecule is CS(=O)(=O)c1ccc(N2CCOCC2)c(C(=O)N2CCN(c3ccc(C(=O)C(F)(F)F)cc3F)CC2)c1. The molecule has 0 bridgehead atoms. The van der Waals surface area contributed by atoms with E-state index in [9.17, 15) is 35.6 Å². The predicted octanol–water partition coefficient (Wildman–Crippen LogP) is 2.77. The number of alkyl halides is 3. The van der Waals surface area contributed by atoms with Gasteiger partial charge in [0, 0.05) is 56.8 Å². The summed E-state index contributed by atoms with van der Waals surface area (Å²) >= 11 is 0. The van der Waals surface area contributed by atoms with Crippen LogP contribution in [0.4, 0.5) is 28.9 Å². The standard InChI is InChI=1S/C24H25F4N3O5S/c1-37(34,35)17-3-5-20(30-10-12-36-13-11-30)18(15-17)23(33)31-8-6-29(7-9-31)21-4-2-16(14-19(21)25)22(32)24(26,27)28/h2-5,14-15H,6-13H2,1H3. The van der Waals surface area contributed by atoms with Gasteiger partial charge in [0.15, 0.2) is 9.84 Å². The van der Waals surface area contributed by atoms with E-state index in [4.69, 9.17) is 4.74 Å². The fraction of sp³-hybridized carbons (Fsp3) is 0.417. The highest BCUT2D eigenvalue weighted by Crippen LogP contribution is 2.29. The van der Waals surface area contributed by atoms with Crippen molar-refractivity contribution >= 4 is 32.9 Å². The first kappa shape index (κ1) is 26.9. The molecule has 0 saturated carbocycles. The molecule has 2 aliphatic heterocycles. The number of Topliss-reactive ketones (excluding diaryl/α,β-unsaturated/α-hetero) is 1. The Labute approximate surface area is 211 Å². The molecule has 0 radical (unpaired) electrons. The van der Waals surface area contributed by atoms with Gasteiger partial charge >= 0.3 is 6.18 Å². The van der Waals surface area contributed by atoms with Gasteiger partial charge in [0.2, 0.25) is 0 Å². The number of hydrogen-bond acceptors (Lipinski definition) is 7. The zero-order chi connectivity index (χ0) is 27.0. The van der Waals surface area contributed by atoms with Gasteiger partial charge in [-0.2, -0.15) is 13.2 Å². The Hall–Kier alpha value is -3.19. The molecule has 2 aromatic rings. The third-order valence-corrected chi connectivity index (χ3v) is 7.46. The number of piperazine rings is 1. The van der Waals surface area contributed by atoms with Gasteiger partial charge in [-0.3, -0.25) is 9.59 Å². The van der Waals surface area contributed by atoms with Crippen molar-refractivity contribution in [3.8, 4) is 0 Å². The van der Waals surface area contributed by atoms with E-state index >= 15 is 0 Å². The van der Waals surface area contributed by atoms with Crippen LogP contribution in [0.3, 0.4) is 0 Å². The molecule has 0 atom stereocenters. The number of morpholine rings is 1. The van der Waals surface area contributed by atoms with E-state index in [1.165, 1.54) is 17.0 Å². The maximum atomic E-state index is 14.6. The number of anilines is 2. The van der Waals surface area contributed by atoms with Crippen LogP contribution in [0.5, 0.6) is 0 Å². The fourth-order valence-electron chi connectivity index (χ4n) is 4.39. The fourth-order valence-corrected chi connectivity index (χ4v) is 5.03. The van der Waals surface area contributed by atoms with Crippen LogP contribution in [-0.4, -0.2) is 89.9 Å². The normalized spacial score (nSPS) is 17.2. The van der Waals surface area contributed by atoms with Crippen molar-refractivity contribution in [2.75, 3.05) is 68.5 Å². The minimum Gasteiger partial charge on any atom is -0.378 e. The summed E-state index contributed by atoms with van der Waals surface area (Å²) in [6.07, 6.45) is -4.04. The molecule has 8 nitrogen and oxygen atoms in total. The van der Waals surface area contributed by atoms with Crippen LogP contribution in [0.1, 0.15) is 20.7 Å². The molecule has 0 aromatic heterocycles. The molecule has 4 rings (SSSR count). The van der Waals surface area contributed by atoms with E-state index in [-0.39, 0.29) is 48.2 Å². The first-order chi connectivity index (χ1) is 17.4. The average Bonchev–Trinajstić information content (AvgIpc) is 2.87. The molecule has 1 amide bonds. The van der Waals surface area contributed by atoms with E-state index < -0.39 is 33.2 Å². The molecule has 0 spiro atoms. The number of amides is 1. The van der Waals surface area contributed by atoms with E-state index in [2.05, 4.69) is 0 Å². The second-order valence-corrected chi connectivity index (χ2v) is 10.8. The molecule has 0 N–H and O–H groups in total. The lowest BCUT2D eigenvalue weighted by Gasteiger charge is -2.37. The second kappa shape index (κ2) is 10.3. The first-order valence-corrected chi connectivity index (χ1v) is 13.4. The van der Waals surface area contributed by atoms with E-state index in [1.54, 1.807) is 11.0 Å². The molecule has 2 aliphatic rings. The number of carbonyl (C=O) groups is 2. The number of carbonyl (C=O) groups excluding carboxylic acids is 2. The van der Waals surface area contributed by atoms with Crippen LogP contribution < -0.4 is 9.80 Å². The van der Waals surface area contributed by atoms with Crippen molar-refractivity contribution in [3.05, 3.63) is 53.3 Å². The highest BCUT2D eigenvalue weighted by molar-refractivity contribution is 7.90. The molecular weight excluding hydrogens is 518 g/mol. The van der Waals surface area contributed by atoms with Crippen LogP contribution in [0.25, 0.3) is 0 Å². The molecule has 0 aliphatic carbocycles. The van der Waals surface area contributed by atoms with E-state index in [1.807, 2.05) is 4.90 Å². The third kappa shape index (κ3) is 5.87. The Morgan fingerprint density at radius 2 is 1.46 bits per heavy atom. The first-order valence-electron chi connectivity index (χ1n) is 11.5. The summed E-state index contributed by atoms with van der Waals surface area (Å²) in [5, 5.41) is 0. The zero-order valence-corrected chi connectivity index (χ0v) is 20.7. The van der Waals surface area contributed by atoms with Crippen molar-refractivity contribution in [1.82, 2.24) is 4.90 Å². The van der Waals surface area contributed by atoms with Gasteiger partial charge in [-0.05, 0) is 36.4 Å². The molecule has 2 heterocycles. The van der Waals surface area contributed by atoms with Gasteiger partial charge in [-0.15, -0.1) is 0 Å². The number of halogens is 4. The molecule has 0 unspecified atom stereocenters. The van der Waals surface area contributed by atoms with Gasteiger partial charge in [-0.25, -0.2) is 12.8 Å². The molecule has 2 saturated heterocycles. The van der Waals surface area contributed by atoms with E-state index in [0.29, 0.717) is 38.1 Å². The van der Waals surface area contributed by atoms with Crippen molar-refractivity contribution in [2.45, 2.75) is 11.1 Å². The largest absolute Gasteiger partial charge is 0.454 e. The Bertz CT molecular complexity index is 1300. The smallest absolute Gasteiger partial charge is 0.378 e. The number of ketones is 1. The maximum absolute atomic E-state index is 14.6. The number of rotatable bonds is 5. The monoisotopic (exact) mass is 543 g/mol. The average molecular weight is 544 g/mol. The molecule has 13 heteroatoms. The second-order valence-electron chi connectivity index (χ2n) is 8.82. The van der Waals surface area contributed by atoms with Gasteiger partial charge in [0.1, 0.15) is 5.82 Å². The van der Waals surface area contributed by atoms with Gasteiger partial charge in [0.25, 0.3) is 11.7 Å². The third-order valence-electron chi connectivity index (χ3n) is 6.35. The molecule has 2 aromatic carbocycles. The lowest BCUT2D eigenvalue weighted by Crippen LogP contribution is -2.49. The molecule has 200 valence electrons. The maximum Gasteiger partial charge on any atom is 0.454 e. The highest BCUT2D eigenvalue weighted by atomic mass is 32.2. The molecular formula is C24H25F4N3O5S. The minimum atomic E-state index is -5.10. The zero-order valence-electron chi connectivity index (χ0n) is 19.9. The van der Waals surface area contributed by atoms with Crippen LogP contribution in [0, 0.1) is 5.82 Å². The van der Waals surface area contributed by atoms with Crippen molar-refractivity contribution in [2.24, 2.45) is 0 Å². The summed E-state index contributed by atoms with van der Waals surface area (Å²) in [4.78, 5) is 30.0. The highest BCUT2D eigenvalue weighted by Gasteiger charge is 2.39. The minimum absolute atomic E-state index is 0.0158. The summed E-state index contributed by atoms with van der Waals surface area (Å²) in [5.74, 6) is -3.47. The number of ether oxygens (including phenoxy) is 1. The van der Waals surface area contributed by atoms with Crippen molar-refractivity contribution < 1.29 is 40.3 Å².